The Bertz CT molecular complexity index is 2420. The number of hydrogen-bond donors (Lipinski definition) is 0. The van der Waals surface area contributed by atoms with Crippen molar-refractivity contribution in [1.82, 2.24) is 19.9 Å². The van der Waals surface area contributed by atoms with Crippen LogP contribution in [-0.4, -0.2) is 9.97 Å². The SMILES string of the molecule is CC(C)c1cccc(C(C)C)c1-c1ccnc(N=c2cc(-c3c(C(C)C)cccc3C(C)C)cc[n-]2)c1.[Zn+2].c1ccc(=Nc2ccc3ccccc3n2)[n-]c1. The van der Waals surface area contributed by atoms with E-state index in [4.69, 9.17) is 4.99 Å². The van der Waals surface area contributed by atoms with Crippen molar-refractivity contribution in [2.75, 3.05) is 0 Å². The molecule has 55 heavy (non-hydrogen) atoms. The third-order valence-electron chi connectivity index (χ3n) is 9.51. The van der Waals surface area contributed by atoms with Gasteiger partial charge in [0, 0.05) is 11.6 Å². The molecule has 0 bridgehead atoms. The molecular formula is C48H50N6Zn. The van der Waals surface area contributed by atoms with Crippen molar-refractivity contribution in [2.24, 2.45) is 9.98 Å². The first-order valence-electron chi connectivity index (χ1n) is 19.0. The largest absolute Gasteiger partial charge is 2.00 e. The summed E-state index contributed by atoms with van der Waals surface area (Å²) in [6, 6.07) is 39.3. The Kier molecular flexibility index (Phi) is 14.0. The molecule has 0 aliphatic rings. The Hall–Kier alpha value is -5.26. The first-order chi connectivity index (χ1) is 26.1. The number of aromatic nitrogens is 4. The standard InChI is InChI=1S/C34H40N3.C14H10N3.Zn/c1-21(2)27-11-9-12-28(22(3)4)33(27)25-15-17-35-31(19-25)37-32-20-26(16-18-36-32)34-29(23(5)6)13-10-14-30(34)24(7)8;1-2-6-12-11(5-1)8-9-14(16-12)17-13-7-3-4-10-15-13;/h9-24H,1-8H3;1-10H;/q2*-1;+2. The number of pyridine rings is 4. The van der Waals surface area contributed by atoms with Gasteiger partial charge in [-0.15, -0.1) is 0 Å². The molecule has 0 saturated heterocycles. The van der Waals surface area contributed by atoms with Crippen LogP contribution in [0.25, 0.3) is 33.2 Å². The van der Waals surface area contributed by atoms with Crippen molar-refractivity contribution in [1.29, 1.82) is 0 Å². The van der Waals surface area contributed by atoms with Crippen molar-refractivity contribution < 1.29 is 19.5 Å². The van der Waals surface area contributed by atoms with E-state index in [0.29, 0.717) is 46.3 Å². The van der Waals surface area contributed by atoms with Crippen LogP contribution in [0.4, 0.5) is 11.6 Å². The van der Waals surface area contributed by atoms with Gasteiger partial charge in [0.1, 0.15) is 0 Å². The molecular weight excluding hydrogens is 726 g/mol. The fourth-order valence-electron chi connectivity index (χ4n) is 6.81. The fraction of sp³-hybridized carbons (Fsp3) is 0.250. The number of fused-ring (bicyclic) bond motifs is 1. The zero-order chi connectivity index (χ0) is 38.2. The Morgan fingerprint density at radius 1 is 0.473 bits per heavy atom. The van der Waals surface area contributed by atoms with Gasteiger partial charge in [-0.3, -0.25) is 9.97 Å². The van der Waals surface area contributed by atoms with E-state index in [9.17, 15) is 0 Å². The van der Waals surface area contributed by atoms with Gasteiger partial charge in [-0.1, -0.05) is 170 Å². The molecule has 7 heteroatoms. The first kappa shape index (κ1) is 40.9. The number of nitrogens with zero attached hydrogens (tertiary/aromatic N) is 6. The van der Waals surface area contributed by atoms with Gasteiger partial charge in [0.15, 0.2) is 0 Å². The van der Waals surface area contributed by atoms with Gasteiger partial charge in [0.2, 0.25) is 0 Å². The van der Waals surface area contributed by atoms with Gasteiger partial charge in [0.05, 0.1) is 17.2 Å². The summed E-state index contributed by atoms with van der Waals surface area (Å²) in [6.07, 6.45) is 5.45. The number of benzene rings is 3. The molecule has 6 nitrogen and oxygen atoms in total. The van der Waals surface area contributed by atoms with Gasteiger partial charge in [-0.2, -0.15) is 0 Å². The number of hydrogen-bond acceptors (Lipinski definition) is 4. The predicted octanol–water partition coefficient (Wildman–Crippen LogP) is 11.5. The van der Waals surface area contributed by atoms with E-state index >= 15 is 0 Å². The normalized spacial score (nSPS) is 12.0. The molecule has 0 atom stereocenters. The van der Waals surface area contributed by atoms with E-state index in [0.717, 1.165) is 22.0 Å². The van der Waals surface area contributed by atoms with Crippen LogP contribution in [0.2, 0.25) is 0 Å². The summed E-state index contributed by atoms with van der Waals surface area (Å²) in [5, 5.41) is 1.12. The molecule has 0 fully saturated rings. The van der Waals surface area contributed by atoms with E-state index in [1.54, 1.807) is 6.20 Å². The minimum Gasteiger partial charge on any atom is -0.443 e. The first-order valence-corrected chi connectivity index (χ1v) is 19.0. The van der Waals surface area contributed by atoms with Gasteiger partial charge in [-0.05, 0) is 92.4 Å². The van der Waals surface area contributed by atoms with E-state index < -0.39 is 0 Å². The van der Waals surface area contributed by atoms with Crippen LogP contribution >= 0.6 is 0 Å². The van der Waals surface area contributed by atoms with Crippen LogP contribution in [0.15, 0.2) is 144 Å². The van der Waals surface area contributed by atoms with Crippen LogP contribution in [0.5, 0.6) is 0 Å². The summed E-state index contributed by atoms with van der Waals surface area (Å²) in [6.45, 7) is 18.0. The zero-order valence-electron chi connectivity index (χ0n) is 33.4. The molecule has 4 heterocycles. The van der Waals surface area contributed by atoms with Crippen LogP contribution in [0.3, 0.4) is 0 Å². The van der Waals surface area contributed by atoms with Crippen LogP contribution in [-0.2, 0) is 19.5 Å². The predicted molar refractivity (Wildman–Crippen MR) is 223 cm³/mol. The molecule has 3 aromatic carbocycles. The monoisotopic (exact) mass is 774 g/mol. The molecule has 274 valence electrons. The van der Waals surface area contributed by atoms with Gasteiger partial charge in [-0.25, -0.2) is 0 Å². The minimum absolute atomic E-state index is 0. The molecule has 0 aliphatic heterocycles. The van der Waals surface area contributed by atoms with E-state index in [1.807, 2.05) is 67.0 Å². The maximum absolute atomic E-state index is 4.89. The second-order valence-corrected chi connectivity index (χ2v) is 14.8. The third kappa shape index (κ3) is 10.1. The van der Waals surface area contributed by atoms with Crippen LogP contribution in [0, 0.1) is 0 Å². The Morgan fingerprint density at radius 3 is 1.60 bits per heavy atom. The quantitative estimate of drug-likeness (QED) is 0.144. The summed E-state index contributed by atoms with van der Waals surface area (Å²) in [7, 11) is 0. The average molecular weight is 776 g/mol. The summed E-state index contributed by atoms with van der Waals surface area (Å²) in [5.41, 5.74) is 12.7. The molecule has 0 spiro atoms. The second-order valence-electron chi connectivity index (χ2n) is 14.8. The van der Waals surface area contributed by atoms with Crippen molar-refractivity contribution in [2.45, 2.75) is 79.1 Å². The third-order valence-corrected chi connectivity index (χ3v) is 9.51. The second kappa shape index (κ2) is 18.9. The van der Waals surface area contributed by atoms with Gasteiger partial charge in [0.25, 0.3) is 0 Å². The topological polar surface area (TPSA) is 78.7 Å². The summed E-state index contributed by atoms with van der Waals surface area (Å²) >= 11 is 0. The van der Waals surface area contributed by atoms with Crippen molar-refractivity contribution in [3.05, 3.63) is 167 Å². The molecule has 0 aliphatic carbocycles. The number of para-hydroxylation sites is 1. The maximum atomic E-state index is 4.89. The van der Waals surface area contributed by atoms with Crippen molar-refractivity contribution in [3.63, 3.8) is 0 Å². The van der Waals surface area contributed by atoms with Gasteiger partial charge < -0.3 is 20.0 Å². The Morgan fingerprint density at radius 2 is 1.02 bits per heavy atom. The average Bonchev–Trinajstić information content (AvgIpc) is 3.18. The zero-order valence-corrected chi connectivity index (χ0v) is 36.4. The smallest absolute Gasteiger partial charge is 0.443 e. The maximum Gasteiger partial charge on any atom is 2.00 e. The molecule has 4 aromatic heterocycles. The van der Waals surface area contributed by atoms with Crippen LogP contribution < -0.4 is 20.9 Å². The van der Waals surface area contributed by atoms with E-state index in [1.165, 1.54) is 33.4 Å². The molecule has 0 unspecified atom stereocenters. The molecule has 0 radical (unpaired) electrons. The summed E-state index contributed by atoms with van der Waals surface area (Å²) in [5.74, 6) is 3.07. The Balaban J connectivity index is 0.000000268. The molecule has 0 amide bonds. The number of rotatable bonds is 8. The van der Waals surface area contributed by atoms with Crippen molar-refractivity contribution in [3.8, 4) is 22.3 Å². The molecule has 0 N–H and O–H groups in total. The van der Waals surface area contributed by atoms with E-state index in [-0.39, 0.29) is 19.5 Å². The summed E-state index contributed by atoms with van der Waals surface area (Å²) in [4.78, 5) is 27.1. The fourth-order valence-corrected chi connectivity index (χ4v) is 6.81. The van der Waals surface area contributed by atoms with Crippen LogP contribution in [0.1, 0.15) is 101 Å². The van der Waals surface area contributed by atoms with Gasteiger partial charge >= 0.3 is 19.5 Å². The van der Waals surface area contributed by atoms with E-state index in [2.05, 4.69) is 141 Å². The molecule has 0 saturated carbocycles. The minimum atomic E-state index is 0. The van der Waals surface area contributed by atoms with Crippen molar-refractivity contribution >= 4 is 22.5 Å². The summed E-state index contributed by atoms with van der Waals surface area (Å²) < 4.78 is 0. The molecule has 7 rings (SSSR count). The Labute approximate surface area is 338 Å². The molecule has 7 aromatic rings.